The molecule has 2 atom stereocenters. The van der Waals surface area contributed by atoms with Gasteiger partial charge in [0.2, 0.25) is 11.8 Å². The van der Waals surface area contributed by atoms with Crippen molar-refractivity contribution in [2.24, 2.45) is 11.8 Å². The number of nitrogens with one attached hydrogen (secondary N) is 2. The van der Waals surface area contributed by atoms with E-state index in [0.29, 0.717) is 40.7 Å². The Morgan fingerprint density at radius 2 is 1.81 bits per heavy atom. The van der Waals surface area contributed by atoms with Crippen molar-refractivity contribution in [1.82, 2.24) is 5.32 Å². The molecule has 0 saturated heterocycles. The molecule has 0 aliphatic heterocycles. The fraction of sp³-hybridized carbons (Fsp3) is 0.263. The van der Waals surface area contributed by atoms with Crippen LogP contribution in [0.5, 0.6) is 0 Å². The van der Waals surface area contributed by atoms with Gasteiger partial charge in [-0.2, -0.15) is 0 Å². The van der Waals surface area contributed by atoms with Gasteiger partial charge in [0.1, 0.15) is 5.82 Å². The van der Waals surface area contributed by atoms with E-state index in [0.717, 1.165) is 0 Å². The van der Waals surface area contributed by atoms with E-state index in [1.165, 1.54) is 6.07 Å². The molecule has 136 valence electrons. The van der Waals surface area contributed by atoms with E-state index >= 15 is 0 Å². The molecule has 0 heterocycles. The maximum atomic E-state index is 13.5. The van der Waals surface area contributed by atoms with Crippen LogP contribution in [0.1, 0.15) is 12.0 Å². The van der Waals surface area contributed by atoms with E-state index in [1.807, 2.05) is 0 Å². The average molecular weight is 395 g/mol. The van der Waals surface area contributed by atoms with Crippen LogP contribution in [0.3, 0.4) is 0 Å². The third-order valence-electron chi connectivity index (χ3n) is 4.30. The second kappa shape index (κ2) is 8.06. The lowest BCUT2D eigenvalue weighted by atomic mass is 10.1. The van der Waals surface area contributed by atoms with Gasteiger partial charge in [0.15, 0.2) is 0 Å². The average Bonchev–Trinajstić information content (AvgIpc) is 3.41. The lowest BCUT2D eigenvalue weighted by molar-refractivity contribution is -0.125. The van der Waals surface area contributed by atoms with Crippen molar-refractivity contribution in [2.75, 3.05) is 11.9 Å². The zero-order valence-corrected chi connectivity index (χ0v) is 15.3. The van der Waals surface area contributed by atoms with Crippen molar-refractivity contribution in [3.8, 4) is 0 Å². The van der Waals surface area contributed by atoms with Crippen molar-refractivity contribution in [3.05, 3.63) is 63.9 Å². The van der Waals surface area contributed by atoms with Gasteiger partial charge >= 0.3 is 0 Å². The zero-order valence-electron chi connectivity index (χ0n) is 13.8. The Balaban J connectivity index is 1.47. The minimum Gasteiger partial charge on any atom is -0.356 e. The van der Waals surface area contributed by atoms with Crippen LogP contribution in [-0.2, 0) is 16.0 Å². The van der Waals surface area contributed by atoms with Crippen molar-refractivity contribution in [3.63, 3.8) is 0 Å². The highest BCUT2D eigenvalue weighted by molar-refractivity contribution is 6.35. The molecule has 1 saturated carbocycles. The number of amides is 2. The number of carbonyl (C=O) groups is 2. The number of halogens is 3. The minimum absolute atomic E-state index is 0.196. The van der Waals surface area contributed by atoms with Crippen LogP contribution in [0.2, 0.25) is 10.0 Å². The summed E-state index contributed by atoms with van der Waals surface area (Å²) in [5.41, 5.74) is 0.975. The molecule has 0 aromatic heterocycles. The predicted octanol–water partition coefficient (Wildman–Crippen LogP) is 4.07. The number of hydrogen-bond donors (Lipinski definition) is 2. The molecule has 0 spiro atoms. The molecule has 7 heteroatoms. The van der Waals surface area contributed by atoms with E-state index in [2.05, 4.69) is 10.6 Å². The summed E-state index contributed by atoms with van der Waals surface area (Å²) < 4.78 is 13.5. The van der Waals surface area contributed by atoms with E-state index in [4.69, 9.17) is 23.2 Å². The van der Waals surface area contributed by atoms with Crippen LogP contribution in [0, 0.1) is 17.7 Å². The minimum atomic E-state index is -0.390. The van der Waals surface area contributed by atoms with Crippen LogP contribution in [-0.4, -0.2) is 18.4 Å². The third-order valence-corrected chi connectivity index (χ3v) is 4.87. The molecule has 3 rings (SSSR count). The highest BCUT2D eigenvalue weighted by Crippen LogP contribution is 2.40. The maximum Gasteiger partial charge on any atom is 0.228 e. The first-order valence-electron chi connectivity index (χ1n) is 8.22. The number of anilines is 1. The largest absolute Gasteiger partial charge is 0.356 e. The molecule has 2 unspecified atom stereocenters. The molecule has 0 radical (unpaired) electrons. The van der Waals surface area contributed by atoms with Crippen LogP contribution in [0.25, 0.3) is 0 Å². The summed E-state index contributed by atoms with van der Waals surface area (Å²) >= 11 is 11.9. The van der Waals surface area contributed by atoms with Gasteiger partial charge in [0.25, 0.3) is 0 Å². The number of rotatable bonds is 6. The van der Waals surface area contributed by atoms with Gasteiger partial charge in [0.05, 0.1) is 22.5 Å². The number of hydrogen-bond acceptors (Lipinski definition) is 2. The summed E-state index contributed by atoms with van der Waals surface area (Å²) in [5.74, 6) is -1.50. The van der Waals surface area contributed by atoms with Crippen LogP contribution in [0.4, 0.5) is 10.1 Å². The summed E-state index contributed by atoms with van der Waals surface area (Å²) in [6, 6.07) is 11.2. The number of benzene rings is 2. The fourth-order valence-electron chi connectivity index (χ4n) is 2.75. The molecule has 2 aromatic carbocycles. The Hall–Kier alpha value is -2.11. The molecule has 1 fully saturated rings. The highest BCUT2D eigenvalue weighted by Gasteiger charge is 2.48. The second-order valence-electron chi connectivity index (χ2n) is 6.19. The van der Waals surface area contributed by atoms with Crippen molar-refractivity contribution in [1.29, 1.82) is 0 Å². The first-order chi connectivity index (χ1) is 12.5. The van der Waals surface area contributed by atoms with E-state index in [-0.39, 0.29) is 23.5 Å². The van der Waals surface area contributed by atoms with E-state index in [1.54, 1.807) is 36.4 Å². The molecule has 2 N–H and O–H groups in total. The van der Waals surface area contributed by atoms with Gasteiger partial charge in [-0.25, -0.2) is 4.39 Å². The predicted molar refractivity (Wildman–Crippen MR) is 99.8 cm³/mol. The standard InChI is InChI=1S/C19H17Cl2FN2O2/c20-12-5-6-15(21)17(9-12)24-19(26)14-10-13(14)18(25)23-8-7-11-3-1-2-4-16(11)22/h1-6,9,13-14H,7-8,10H2,(H,23,25)(H,24,26). The molecule has 1 aliphatic carbocycles. The summed E-state index contributed by atoms with van der Waals surface area (Å²) in [6.45, 7) is 0.324. The molecule has 1 aliphatic rings. The molecule has 2 aromatic rings. The Morgan fingerprint density at radius 1 is 1.08 bits per heavy atom. The fourth-order valence-corrected chi connectivity index (χ4v) is 3.08. The molecular weight excluding hydrogens is 378 g/mol. The maximum absolute atomic E-state index is 13.5. The van der Waals surface area contributed by atoms with Crippen LogP contribution in [0.15, 0.2) is 42.5 Å². The van der Waals surface area contributed by atoms with Gasteiger partial charge in [-0.15, -0.1) is 0 Å². The van der Waals surface area contributed by atoms with Gasteiger partial charge in [-0.05, 0) is 42.7 Å². The lowest BCUT2D eigenvalue weighted by Crippen LogP contribution is -2.29. The molecular formula is C19H17Cl2FN2O2. The topological polar surface area (TPSA) is 58.2 Å². The Morgan fingerprint density at radius 3 is 2.58 bits per heavy atom. The Kier molecular flexibility index (Phi) is 5.79. The van der Waals surface area contributed by atoms with Crippen molar-refractivity contribution in [2.45, 2.75) is 12.8 Å². The van der Waals surface area contributed by atoms with E-state index < -0.39 is 5.92 Å². The number of carbonyl (C=O) groups excluding carboxylic acids is 2. The quantitative estimate of drug-likeness (QED) is 0.775. The van der Waals surface area contributed by atoms with Gasteiger partial charge in [-0.1, -0.05) is 41.4 Å². The Bertz CT molecular complexity index is 844. The summed E-state index contributed by atoms with van der Waals surface area (Å²) in [7, 11) is 0. The van der Waals surface area contributed by atoms with Gasteiger partial charge in [-0.3, -0.25) is 9.59 Å². The second-order valence-corrected chi connectivity index (χ2v) is 7.04. The van der Waals surface area contributed by atoms with Gasteiger partial charge in [0, 0.05) is 11.6 Å². The van der Waals surface area contributed by atoms with E-state index in [9.17, 15) is 14.0 Å². The molecule has 2 amide bonds. The molecule has 26 heavy (non-hydrogen) atoms. The smallest absolute Gasteiger partial charge is 0.228 e. The van der Waals surface area contributed by atoms with Gasteiger partial charge < -0.3 is 10.6 Å². The first kappa shape index (κ1) is 18.7. The van der Waals surface area contributed by atoms with Crippen molar-refractivity contribution < 1.29 is 14.0 Å². The third kappa shape index (κ3) is 4.54. The van der Waals surface area contributed by atoms with Crippen LogP contribution < -0.4 is 10.6 Å². The highest BCUT2D eigenvalue weighted by atomic mass is 35.5. The summed E-state index contributed by atoms with van der Waals surface area (Å²) in [6.07, 6.45) is 0.885. The summed E-state index contributed by atoms with van der Waals surface area (Å²) in [4.78, 5) is 24.4. The zero-order chi connectivity index (χ0) is 18.7. The van der Waals surface area contributed by atoms with Crippen molar-refractivity contribution >= 4 is 40.7 Å². The molecule has 4 nitrogen and oxygen atoms in total. The first-order valence-corrected chi connectivity index (χ1v) is 8.98. The normalized spacial score (nSPS) is 18.3. The monoisotopic (exact) mass is 394 g/mol. The lowest BCUT2D eigenvalue weighted by Gasteiger charge is -2.08. The van der Waals surface area contributed by atoms with Crippen LogP contribution >= 0.6 is 23.2 Å². The summed E-state index contributed by atoms with van der Waals surface area (Å²) in [5, 5.41) is 6.30. The molecule has 0 bridgehead atoms. The Labute approximate surface area is 160 Å². The SMILES string of the molecule is O=C(NCCc1ccccc1F)C1CC1C(=O)Nc1cc(Cl)ccc1Cl.